The number of hydrogen-bond acceptors (Lipinski definition) is 1. The van der Waals surface area contributed by atoms with E-state index in [9.17, 15) is 0 Å². The van der Waals surface area contributed by atoms with Crippen molar-refractivity contribution in [1.82, 2.24) is 5.32 Å². The predicted molar refractivity (Wildman–Crippen MR) is 46.7 cm³/mol. The zero-order valence-corrected chi connectivity index (χ0v) is 6.12. The van der Waals surface area contributed by atoms with Crippen LogP contribution in [0, 0.1) is 0 Å². The number of nitrogens with one attached hydrogen (secondary N) is 1. The highest BCUT2D eigenvalue weighted by Gasteiger charge is 1.97. The molecule has 2 heterocycles. The Morgan fingerprint density at radius 1 is 0.727 bits per heavy atom. The first-order valence-electron chi connectivity index (χ1n) is 3.65. The summed E-state index contributed by atoms with van der Waals surface area (Å²) in [6, 6.07) is 0. The molecule has 0 spiro atoms. The molecule has 0 aromatic rings. The maximum Gasteiger partial charge on any atom is 0.0384 e. The first kappa shape index (κ1) is 6.23. The Hall–Kier alpha value is -1.50. The maximum atomic E-state index is 3.26. The molecule has 0 saturated carbocycles. The lowest BCUT2D eigenvalue weighted by atomic mass is 10.3. The molecule has 1 heteroatoms. The molecule has 2 aliphatic heterocycles. The molecule has 0 amide bonds. The zero-order valence-electron chi connectivity index (χ0n) is 6.12. The van der Waals surface area contributed by atoms with Gasteiger partial charge in [0.2, 0.25) is 0 Å². The predicted octanol–water partition coefficient (Wildman–Crippen LogP) is 2.04. The lowest BCUT2D eigenvalue weighted by molar-refractivity contribution is 1.06. The third-order valence-electron chi connectivity index (χ3n) is 1.61. The fourth-order valence-corrected chi connectivity index (χ4v) is 1.08. The molecule has 1 N–H and O–H groups in total. The Morgan fingerprint density at radius 3 is 1.82 bits per heavy atom. The van der Waals surface area contributed by atoms with Gasteiger partial charge in [-0.15, -0.1) is 0 Å². The Balaban J connectivity index is 2.46. The van der Waals surface area contributed by atoms with Crippen molar-refractivity contribution in [3.63, 3.8) is 0 Å². The van der Waals surface area contributed by atoms with E-state index in [-0.39, 0.29) is 0 Å². The van der Waals surface area contributed by atoms with Crippen LogP contribution in [0.15, 0.2) is 60.0 Å². The van der Waals surface area contributed by atoms with Crippen LogP contribution in [-0.4, -0.2) is 0 Å². The van der Waals surface area contributed by atoms with Crippen LogP contribution in [-0.2, 0) is 0 Å². The van der Waals surface area contributed by atoms with Gasteiger partial charge >= 0.3 is 0 Å². The van der Waals surface area contributed by atoms with Crippen LogP contribution in [0.1, 0.15) is 0 Å². The van der Waals surface area contributed by atoms with E-state index >= 15 is 0 Å². The fraction of sp³-hybridized carbons (Fsp3) is 0. The minimum absolute atomic E-state index is 1.13. The van der Waals surface area contributed by atoms with Gasteiger partial charge < -0.3 is 5.32 Å². The average Bonchev–Trinajstić information content (AvgIpc) is 2.36. The first-order valence-corrected chi connectivity index (χ1v) is 3.65. The van der Waals surface area contributed by atoms with Crippen molar-refractivity contribution >= 4 is 0 Å². The summed E-state index contributed by atoms with van der Waals surface area (Å²) in [6.45, 7) is 0. The van der Waals surface area contributed by atoms with Crippen molar-refractivity contribution < 1.29 is 0 Å². The minimum Gasteiger partial charge on any atom is -0.356 e. The molecule has 0 radical (unpaired) electrons. The highest BCUT2D eigenvalue weighted by atomic mass is 14.9. The first-order chi connectivity index (χ1) is 5.45. The molecule has 54 valence electrons. The molecule has 2 rings (SSSR count). The molecule has 0 saturated heterocycles. The van der Waals surface area contributed by atoms with E-state index in [4.69, 9.17) is 0 Å². The number of rotatable bonds is 0. The van der Waals surface area contributed by atoms with Gasteiger partial charge in [-0.25, -0.2) is 0 Å². The Kier molecular flexibility index (Phi) is 1.48. The van der Waals surface area contributed by atoms with Gasteiger partial charge in [0, 0.05) is 11.4 Å². The highest BCUT2D eigenvalue weighted by Crippen LogP contribution is 2.08. The van der Waals surface area contributed by atoms with E-state index in [0.29, 0.717) is 0 Å². The third-order valence-corrected chi connectivity index (χ3v) is 1.61. The smallest absolute Gasteiger partial charge is 0.0384 e. The normalized spacial score (nSPS) is 19.6. The van der Waals surface area contributed by atoms with Crippen LogP contribution in [0.4, 0.5) is 0 Å². The van der Waals surface area contributed by atoms with E-state index < -0.39 is 0 Å². The summed E-state index contributed by atoms with van der Waals surface area (Å²) in [5.74, 6) is 0. The van der Waals surface area contributed by atoms with Crippen molar-refractivity contribution in [2.45, 2.75) is 0 Å². The molecule has 0 aliphatic carbocycles. The Labute approximate surface area is 66.1 Å². The number of fused-ring (bicyclic) bond motifs is 2. The molecular weight excluding hydrogens is 134 g/mol. The topological polar surface area (TPSA) is 12.0 Å². The van der Waals surface area contributed by atoms with E-state index in [1.807, 2.05) is 48.6 Å². The van der Waals surface area contributed by atoms with Gasteiger partial charge in [0.15, 0.2) is 0 Å². The zero-order chi connectivity index (χ0) is 7.52. The molecule has 0 atom stereocenters. The van der Waals surface area contributed by atoms with Gasteiger partial charge in [-0.2, -0.15) is 0 Å². The summed E-state index contributed by atoms with van der Waals surface area (Å²) < 4.78 is 0. The van der Waals surface area contributed by atoms with Crippen LogP contribution in [0.5, 0.6) is 0 Å². The SMILES string of the molecule is C1=CC=C2C=CC=CC(=C1)N2. The van der Waals surface area contributed by atoms with E-state index in [1.54, 1.807) is 0 Å². The second-order valence-electron chi connectivity index (χ2n) is 2.47. The number of allylic oxidation sites excluding steroid dienone is 8. The van der Waals surface area contributed by atoms with E-state index in [1.165, 1.54) is 0 Å². The molecular formula is C10H9N. The van der Waals surface area contributed by atoms with Crippen molar-refractivity contribution in [3.05, 3.63) is 60.0 Å². The van der Waals surface area contributed by atoms with Gasteiger partial charge in [-0.1, -0.05) is 24.3 Å². The largest absolute Gasteiger partial charge is 0.356 e. The lowest BCUT2D eigenvalue weighted by Gasteiger charge is -2.02. The molecule has 2 aliphatic rings. The molecule has 0 aromatic carbocycles. The average molecular weight is 143 g/mol. The van der Waals surface area contributed by atoms with Crippen molar-refractivity contribution in [1.29, 1.82) is 0 Å². The van der Waals surface area contributed by atoms with Crippen LogP contribution in [0.2, 0.25) is 0 Å². The summed E-state index contributed by atoms with van der Waals surface area (Å²) in [5, 5.41) is 3.26. The number of hydrogen-bond donors (Lipinski definition) is 1. The molecule has 11 heavy (non-hydrogen) atoms. The maximum absolute atomic E-state index is 3.26. The van der Waals surface area contributed by atoms with Gasteiger partial charge in [-0.05, 0) is 24.3 Å². The minimum atomic E-state index is 1.13. The molecule has 2 bridgehead atoms. The molecule has 0 fully saturated rings. The monoisotopic (exact) mass is 143 g/mol. The lowest BCUT2D eigenvalue weighted by Crippen LogP contribution is -2.07. The van der Waals surface area contributed by atoms with Crippen LogP contribution >= 0.6 is 0 Å². The van der Waals surface area contributed by atoms with Crippen molar-refractivity contribution in [2.75, 3.05) is 0 Å². The summed E-state index contributed by atoms with van der Waals surface area (Å²) >= 11 is 0. The summed E-state index contributed by atoms with van der Waals surface area (Å²) in [5.41, 5.74) is 2.27. The van der Waals surface area contributed by atoms with Crippen molar-refractivity contribution in [2.24, 2.45) is 0 Å². The fourth-order valence-electron chi connectivity index (χ4n) is 1.08. The third kappa shape index (κ3) is 1.32. The van der Waals surface area contributed by atoms with E-state index in [0.717, 1.165) is 11.4 Å². The summed E-state index contributed by atoms with van der Waals surface area (Å²) in [4.78, 5) is 0. The van der Waals surface area contributed by atoms with Gasteiger partial charge in [0.25, 0.3) is 0 Å². The van der Waals surface area contributed by atoms with Gasteiger partial charge in [-0.3, -0.25) is 0 Å². The standard InChI is InChI=1S/C10H9N/c1-2-6-10-8-4-3-7-9(5-1)11-10/h1-8,11H. The van der Waals surface area contributed by atoms with Crippen LogP contribution in [0.3, 0.4) is 0 Å². The quantitative estimate of drug-likeness (QED) is 0.547. The van der Waals surface area contributed by atoms with Gasteiger partial charge in [0.1, 0.15) is 0 Å². The molecule has 0 aromatic heterocycles. The second-order valence-corrected chi connectivity index (χ2v) is 2.47. The van der Waals surface area contributed by atoms with E-state index in [2.05, 4.69) is 5.32 Å². The second kappa shape index (κ2) is 2.62. The summed E-state index contributed by atoms with van der Waals surface area (Å²) in [7, 11) is 0. The highest BCUT2D eigenvalue weighted by molar-refractivity contribution is 5.40. The van der Waals surface area contributed by atoms with Crippen LogP contribution in [0.25, 0.3) is 0 Å². The summed E-state index contributed by atoms with van der Waals surface area (Å²) in [6.07, 6.45) is 16.3. The Morgan fingerprint density at radius 2 is 1.27 bits per heavy atom. The van der Waals surface area contributed by atoms with Crippen molar-refractivity contribution in [3.8, 4) is 0 Å². The molecule has 1 nitrogen and oxygen atoms in total. The Bertz CT molecular complexity index is 271. The van der Waals surface area contributed by atoms with Gasteiger partial charge in [0.05, 0.1) is 0 Å². The molecule has 0 unspecified atom stereocenters. The van der Waals surface area contributed by atoms with Crippen LogP contribution < -0.4 is 5.32 Å².